The van der Waals surface area contributed by atoms with Gasteiger partial charge in [-0.2, -0.15) is 10.2 Å². The third-order valence-corrected chi connectivity index (χ3v) is 3.32. The topological polar surface area (TPSA) is 59.9 Å². The third-order valence-electron chi connectivity index (χ3n) is 3.32. The first kappa shape index (κ1) is 13.8. The van der Waals surface area contributed by atoms with Crippen LogP contribution < -0.4 is 0 Å². The van der Waals surface area contributed by atoms with Gasteiger partial charge in [0.2, 0.25) is 0 Å². The molecule has 1 aromatic heterocycles. The molecule has 0 saturated heterocycles. The number of hydrogen-bond acceptors (Lipinski definition) is 4. The van der Waals surface area contributed by atoms with Crippen LogP contribution in [0.1, 0.15) is 31.8 Å². The molecule has 0 amide bonds. The summed E-state index contributed by atoms with van der Waals surface area (Å²) in [5, 5.41) is 7.07. The molecule has 0 bridgehead atoms. The molecule has 106 valence electrons. The average molecular weight is 288 g/mol. The van der Waals surface area contributed by atoms with E-state index in [2.05, 4.69) is 10.2 Å². The second kappa shape index (κ2) is 6.10. The van der Waals surface area contributed by atoms with E-state index in [0.717, 1.165) is 0 Å². The molecule has 4 heteroatoms. The first-order chi connectivity index (χ1) is 10.8. The van der Waals surface area contributed by atoms with Crippen LogP contribution in [0.25, 0.3) is 0 Å². The van der Waals surface area contributed by atoms with Gasteiger partial charge >= 0.3 is 0 Å². The van der Waals surface area contributed by atoms with Crippen molar-refractivity contribution >= 4 is 11.6 Å². The molecule has 0 saturated carbocycles. The predicted octanol–water partition coefficient (Wildman–Crippen LogP) is 2.94. The van der Waals surface area contributed by atoms with Gasteiger partial charge in [0.1, 0.15) is 0 Å². The summed E-state index contributed by atoms with van der Waals surface area (Å²) in [5.41, 5.74) is 2.02. The number of nitrogens with zero attached hydrogens (tertiary/aromatic N) is 2. The Hall–Kier alpha value is -3.14. The fourth-order valence-electron chi connectivity index (χ4n) is 2.30. The van der Waals surface area contributed by atoms with Crippen LogP contribution in [-0.2, 0) is 0 Å². The monoisotopic (exact) mass is 288 g/mol. The maximum absolute atomic E-state index is 12.1. The first-order valence-corrected chi connectivity index (χ1v) is 6.78. The van der Waals surface area contributed by atoms with Gasteiger partial charge < -0.3 is 0 Å². The molecular weight excluding hydrogens is 276 g/mol. The van der Waals surface area contributed by atoms with Crippen LogP contribution in [0.4, 0.5) is 0 Å². The number of hydrogen-bond donors (Lipinski definition) is 0. The van der Waals surface area contributed by atoms with Crippen molar-refractivity contribution < 1.29 is 9.59 Å². The Kier molecular flexibility index (Phi) is 3.83. The Morgan fingerprint density at radius 1 is 0.500 bits per heavy atom. The molecule has 4 rings (SSSR count). The normalized spacial score (nSPS) is 11.8. The second-order valence-electron chi connectivity index (χ2n) is 4.66. The zero-order chi connectivity index (χ0) is 15.4. The van der Waals surface area contributed by atoms with Gasteiger partial charge in [0, 0.05) is 34.6 Å². The Labute approximate surface area is 127 Å². The molecule has 1 heterocycles. The van der Waals surface area contributed by atoms with Gasteiger partial charge in [0.05, 0.1) is 0 Å². The highest BCUT2D eigenvalue weighted by atomic mass is 16.1. The summed E-state index contributed by atoms with van der Waals surface area (Å²) in [6.45, 7) is 0. The Morgan fingerprint density at radius 3 is 1.05 bits per heavy atom. The molecule has 22 heavy (non-hydrogen) atoms. The second-order valence-corrected chi connectivity index (χ2v) is 4.66. The van der Waals surface area contributed by atoms with Crippen LogP contribution >= 0.6 is 0 Å². The molecule has 4 nitrogen and oxygen atoms in total. The zero-order valence-electron chi connectivity index (χ0n) is 11.6. The minimum atomic E-state index is -0.0641. The lowest BCUT2D eigenvalue weighted by Crippen LogP contribution is -2.20. The van der Waals surface area contributed by atoms with E-state index in [0.29, 0.717) is 22.3 Å². The predicted molar refractivity (Wildman–Crippen MR) is 81.8 cm³/mol. The van der Waals surface area contributed by atoms with Crippen LogP contribution in [0.2, 0.25) is 0 Å². The molecule has 1 aliphatic carbocycles. The largest absolute Gasteiger partial charge is 0.289 e. The van der Waals surface area contributed by atoms with Gasteiger partial charge in [-0.1, -0.05) is 48.5 Å². The van der Waals surface area contributed by atoms with Crippen molar-refractivity contribution in [2.24, 2.45) is 0 Å². The smallest absolute Gasteiger partial charge is 0.194 e. The third kappa shape index (κ3) is 2.54. The van der Waals surface area contributed by atoms with Crippen molar-refractivity contribution in [3.05, 3.63) is 95.3 Å². The van der Waals surface area contributed by atoms with Gasteiger partial charge in [0.15, 0.2) is 11.6 Å². The first-order valence-electron chi connectivity index (χ1n) is 6.78. The highest BCUT2D eigenvalue weighted by molar-refractivity contribution is 6.28. The van der Waals surface area contributed by atoms with E-state index in [9.17, 15) is 9.59 Å². The quantitative estimate of drug-likeness (QED) is 0.499. The summed E-state index contributed by atoms with van der Waals surface area (Å²) in [6, 6.07) is 17.6. The SMILES string of the molecule is O=C1c2ccccc2C(=O)c2ccccc21.c1ccnnc1. The van der Waals surface area contributed by atoms with Crippen molar-refractivity contribution in [1.29, 1.82) is 0 Å². The molecule has 0 fully saturated rings. The van der Waals surface area contributed by atoms with E-state index < -0.39 is 0 Å². The van der Waals surface area contributed by atoms with Gasteiger partial charge in [-0.05, 0) is 12.1 Å². The van der Waals surface area contributed by atoms with Crippen LogP contribution in [0.5, 0.6) is 0 Å². The maximum atomic E-state index is 12.1. The lowest BCUT2D eigenvalue weighted by Gasteiger charge is -2.16. The molecule has 0 spiro atoms. The summed E-state index contributed by atoms with van der Waals surface area (Å²) in [7, 11) is 0. The molecule has 3 aromatic rings. The van der Waals surface area contributed by atoms with Crippen molar-refractivity contribution in [2.75, 3.05) is 0 Å². The Morgan fingerprint density at radius 2 is 0.818 bits per heavy atom. The number of ketones is 2. The minimum absolute atomic E-state index is 0.0641. The molecular formula is C18H12N2O2. The van der Waals surface area contributed by atoms with Crippen LogP contribution in [0.15, 0.2) is 73.1 Å². The van der Waals surface area contributed by atoms with Gasteiger partial charge in [-0.15, -0.1) is 0 Å². The summed E-state index contributed by atoms with van der Waals surface area (Å²) < 4.78 is 0. The number of rotatable bonds is 0. The molecule has 2 aromatic carbocycles. The summed E-state index contributed by atoms with van der Waals surface area (Å²) >= 11 is 0. The number of carbonyl (C=O) groups excluding carboxylic acids is 2. The van der Waals surface area contributed by atoms with E-state index in [1.54, 1.807) is 60.9 Å². The molecule has 0 unspecified atom stereocenters. The lowest BCUT2D eigenvalue weighted by atomic mass is 9.84. The minimum Gasteiger partial charge on any atom is -0.289 e. The van der Waals surface area contributed by atoms with Crippen LogP contribution in [-0.4, -0.2) is 21.8 Å². The van der Waals surface area contributed by atoms with Gasteiger partial charge in [-0.3, -0.25) is 9.59 Å². The van der Waals surface area contributed by atoms with Crippen molar-refractivity contribution in [3.63, 3.8) is 0 Å². The van der Waals surface area contributed by atoms with Gasteiger partial charge in [-0.25, -0.2) is 0 Å². The summed E-state index contributed by atoms with van der Waals surface area (Å²) in [6.07, 6.45) is 3.28. The standard InChI is InChI=1S/C14H8O2.C4H4N2/c15-13-9-5-1-2-6-10(9)14(16)12-8-4-3-7-11(12)13;1-2-4-6-5-3-1/h1-8H;1-4H. The maximum Gasteiger partial charge on any atom is 0.194 e. The molecule has 0 radical (unpaired) electrons. The number of carbonyl (C=O) groups is 2. The van der Waals surface area contributed by atoms with E-state index in [1.165, 1.54) is 0 Å². The molecule has 0 N–H and O–H groups in total. The van der Waals surface area contributed by atoms with Crippen molar-refractivity contribution in [2.45, 2.75) is 0 Å². The summed E-state index contributed by atoms with van der Waals surface area (Å²) in [5.74, 6) is -0.128. The fraction of sp³-hybridized carbons (Fsp3) is 0. The highest BCUT2D eigenvalue weighted by Gasteiger charge is 2.28. The molecule has 0 aliphatic heterocycles. The van der Waals surface area contributed by atoms with Crippen molar-refractivity contribution in [1.82, 2.24) is 10.2 Å². The lowest BCUT2D eigenvalue weighted by molar-refractivity contribution is 0.0979. The highest BCUT2D eigenvalue weighted by Crippen LogP contribution is 2.26. The van der Waals surface area contributed by atoms with E-state index in [4.69, 9.17) is 0 Å². The fourth-order valence-corrected chi connectivity index (χ4v) is 2.30. The van der Waals surface area contributed by atoms with Gasteiger partial charge in [0.25, 0.3) is 0 Å². The zero-order valence-corrected chi connectivity index (χ0v) is 11.6. The van der Waals surface area contributed by atoms with Crippen LogP contribution in [0, 0.1) is 0 Å². The van der Waals surface area contributed by atoms with E-state index in [1.807, 2.05) is 12.1 Å². The van der Waals surface area contributed by atoms with Crippen LogP contribution in [0.3, 0.4) is 0 Å². The number of fused-ring (bicyclic) bond motifs is 2. The summed E-state index contributed by atoms with van der Waals surface area (Å²) in [4.78, 5) is 24.2. The Bertz CT molecular complexity index is 697. The Balaban J connectivity index is 0.000000202. The molecule has 1 aliphatic rings. The van der Waals surface area contributed by atoms with E-state index in [-0.39, 0.29) is 11.6 Å². The average Bonchev–Trinajstić information content (AvgIpc) is 2.62. The van der Waals surface area contributed by atoms with E-state index >= 15 is 0 Å². The number of benzene rings is 2. The number of aromatic nitrogens is 2. The molecule has 0 atom stereocenters. The van der Waals surface area contributed by atoms with Crippen molar-refractivity contribution in [3.8, 4) is 0 Å².